The van der Waals surface area contributed by atoms with E-state index in [4.69, 9.17) is 11.6 Å². The van der Waals surface area contributed by atoms with Crippen LogP contribution in [0.3, 0.4) is 0 Å². The number of hydrogen-bond acceptors (Lipinski definition) is 3. The van der Waals surface area contributed by atoms with Crippen LogP contribution in [0.2, 0.25) is 5.02 Å². The number of carbonyl (C=O) groups excluding carboxylic acids is 1. The molecule has 1 fully saturated rings. The second kappa shape index (κ2) is 6.32. The summed E-state index contributed by atoms with van der Waals surface area (Å²) in [6.45, 7) is 2.64. The molecule has 2 heterocycles. The summed E-state index contributed by atoms with van der Waals surface area (Å²) in [6, 6.07) is 9.85. The van der Waals surface area contributed by atoms with Crippen LogP contribution in [0, 0.1) is 5.82 Å². The zero-order valence-corrected chi connectivity index (χ0v) is 12.6. The van der Waals surface area contributed by atoms with Crippen LogP contribution in [0.25, 0.3) is 0 Å². The predicted molar refractivity (Wildman–Crippen MR) is 83.8 cm³/mol. The zero-order chi connectivity index (χ0) is 15.5. The normalized spacial score (nSPS) is 15.0. The molecule has 1 aromatic carbocycles. The van der Waals surface area contributed by atoms with Crippen LogP contribution in [0.5, 0.6) is 0 Å². The molecule has 0 spiro atoms. The number of piperazine rings is 1. The van der Waals surface area contributed by atoms with E-state index in [2.05, 4.69) is 9.88 Å². The molecule has 0 N–H and O–H groups in total. The van der Waals surface area contributed by atoms with Crippen LogP contribution in [-0.2, 0) is 0 Å². The molecule has 6 heteroatoms. The summed E-state index contributed by atoms with van der Waals surface area (Å²) >= 11 is 5.74. The summed E-state index contributed by atoms with van der Waals surface area (Å²) in [5.74, 6) is 0.278. The Bertz CT molecular complexity index is 672. The van der Waals surface area contributed by atoms with Crippen molar-refractivity contribution in [3.63, 3.8) is 0 Å². The fourth-order valence-electron chi connectivity index (χ4n) is 2.49. The number of pyridine rings is 1. The van der Waals surface area contributed by atoms with Gasteiger partial charge in [0.2, 0.25) is 0 Å². The Morgan fingerprint density at radius 2 is 1.91 bits per heavy atom. The number of hydrogen-bond donors (Lipinski definition) is 0. The number of rotatable bonds is 2. The first-order valence-corrected chi connectivity index (χ1v) is 7.43. The third-order valence-corrected chi connectivity index (χ3v) is 4.00. The van der Waals surface area contributed by atoms with E-state index in [1.807, 2.05) is 18.2 Å². The standard InChI is InChI=1S/C16H15ClFN3O/c17-13-11-12(4-5-14(13)18)16(22)21-9-7-20(8-10-21)15-3-1-2-6-19-15/h1-6,11H,7-10H2. The number of amides is 1. The quantitative estimate of drug-likeness (QED) is 0.854. The highest BCUT2D eigenvalue weighted by Crippen LogP contribution is 2.19. The highest BCUT2D eigenvalue weighted by molar-refractivity contribution is 6.31. The van der Waals surface area contributed by atoms with Crippen molar-refractivity contribution in [2.75, 3.05) is 31.1 Å². The van der Waals surface area contributed by atoms with Gasteiger partial charge in [-0.15, -0.1) is 0 Å². The molecular formula is C16H15ClFN3O. The molecule has 1 aliphatic rings. The maximum atomic E-state index is 13.2. The van der Waals surface area contributed by atoms with Gasteiger partial charge in [0.15, 0.2) is 0 Å². The van der Waals surface area contributed by atoms with Gasteiger partial charge in [0.25, 0.3) is 5.91 Å². The van der Waals surface area contributed by atoms with E-state index in [0.29, 0.717) is 18.7 Å². The molecule has 1 saturated heterocycles. The van der Waals surface area contributed by atoms with Crippen LogP contribution < -0.4 is 4.90 Å². The molecule has 1 aromatic heterocycles. The van der Waals surface area contributed by atoms with Crippen molar-refractivity contribution in [3.05, 3.63) is 59.0 Å². The molecule has 0 atom stereocenters. The van der Waals surface area contributed by atoms with Crippen LogP contribution >= 0.6 is 11.6 Å². The largest absolute Gasteiger partial charge is 0.353 e. The van der Waals surface area contributed by atoms with Crippen LogP contribution in [0.15, 0.2) is 42.6 Å². The Labute approximate surface area is 133 Å². The van der Waals surface area contributed by atoms with Crippen molar-refractivity contribution in [2.24, 2.45) is 0 Å². The Balaban J connectivity index is 1.66. The maximum absolute atomic E-state index is 13.2. The van der Waals surface area contributed by atoms with E-state index in [0.717, 1.165) is 18.9 Å². The minimum Gasteiger partial charge on any atom is -0.353 e. The lowest BCUT2D eigenvalue weighted by molar-refractivity contribution is 0.0746. The fourth-order valence-corrected chi connectivity index (χ4v) is 2.67. The SMILES string of the molecule is O=C(c1ccc(F)c(Cl)c1)N1CCN(c2ccccn2)CC1. The number of aromatic nitrogens is 1. The molecule has 1 amide bonds. The van der Waals surface area contributed by atoms with E-state index in [1.54, 1.807) is 11.1 Å². The Hall–Kier alpha value is -2.14. The van der Waals surface area contributed by atoms with Crippen molar-refractivity contribution in [3.8, 4) is 0 Å². The second-order valence-corrected chi connectivity index (χ2v) is 5.50. The number of anilines is 1. The number of benzene rings is 1. The summed E-state index contributed by atoms with van der Waals surface area (Å²) < 4.78 is 13.2. The molecule has 0 saturated carbocycles. The molecule has 0 unspecified atom stereocenters. The average Bonchev–Trinajstić information content (AvgIpc) is 2.58. The van der Waals surface area contributed by atoms with Crippen LogP contribution in [0.4, 0.5) is 10.2 Å². The van der Waals surface area contributed by atoms with Gasteiger partial charge in [-0.05, 0) is 30.3 Å². The first-order chi connectivity index (χ1) is 10.6. The summed E-state index contributed by atoms with van der Waals surface area (Å²) in [4.78, 5) is 20.6. The van der Waals surface area contributed by atoms with Gasteiger partial charge in [-0.3, -0.25) is 4.79 Å². The van der Waals surface area contributed by atoms with Crippen molar-refractivity contribution in [1.29, 1.82) is 0 Å². The van der Waals surface area contributed by atoms with E-state index in [1.165, 1.54) is 18.2 Å². The third kappa shape index (κ3) is 3.04. The molecule has 0 bridgehead atoms. The van der Waals surface area contributed by atoms with Gasteiger partial charge in [-0.25, -0.2) is 9.37 Å². The smallest absolute Gasteiger partial charge is 0.254 e. The first kappa shape index (κ1) is 14.8. The van der Waals surface area contributed by atoms with Crippen molar-refractivity contribution < 1.29 is 9.18 Å². The Morgan fingerprint density at radius 1 is 1.14 bits per heavy atom. The van der Waals surface area contributed by atoms with E-state index >= 15 is 0 Å². The summed E-state index contributed by atoms with van der Waals surface area (Å²) in [5, 5.41) is -0.0297. The number of carbonyl (C=O) groups is 1. The van der Waals surface area contributed by atoms with E-state index in [9.17, 15) is 9.18 Å². The fraction of sp³-hybridized carbons (Fsp3) is 0.250. The van der Waals surface area contributed by atoms with Gasteiger partial charge < -0.3 is 9.80 Å². The molecule has 0 radical (unpaired) electrons. The molecule has 2 aromatic rings. The van der Waals surface area contributed by atoms with Crippen LogP contribution in [0.1, 0.15) is 10.4 Å². The summed E-state index contributed by atoms with van der Waals surface area (Å²) in [5.41, 5.74) is 0.415. The average molecular weight is 320 g/mol. The van der Waals surface area contributed by atoms with Crippen molar-refractivity contribution in [1.82, 2.24) is 9.88 Å². The van der Waals surface area contributed by atoms with Crippen LogP contribution in [-0.4, -0.2) is 42.0 Å². The highest BCUT2D eigenvalue weighted by atomic mass is 35.5. The lowest BCUT2D eigenvalue weighted by Crippen LogP contribution is -2.49. The lowest BCUT2D eigenvalue weighted by Gasteiger charge is -2.35. The van der Waals surface area contributed by atoms with Crippen molar-refractivity contribution in [2.45, 2.75) is 0 Å². The molecule has 22 heavy (non-hydrogen) atoms. The van der Waals surface area contributed by atoms with Gasteiger partial charge >= 0.3 is 0 Å². The minimum absolute atomic E-state index is 0.0297. The third-order valence-electron chi connectivity index (χ3n) is 3.71. The lowest BCUT2D eigenvalue weighted by atomic mass is 10.1. The molecule has 114 valence electrons. The summed E-state index contributed by atoms with van der Waals surface area (Å²) in [7, 11) is 0. The molecule has 3 rings (SSSR count). The maximum Gasteiger partial charge on any atom is 0.254 e. The minimum atomic E-state index is -0.516. The number of nitrogens with zero attached hydrogens (tertiary/aromatic N) is 3. The van der Waals surface area contributed by atoms with E-state index < -0.39 is 5.82 Å². The Kier molecular flexibility index (Phi) is 4.24. The topological polar surface area (TPSA) is 36.4 Å². The molecule has 1 aliphatic heterocycles. The van der Waals surface area contributed by atoms with Gasteiger partial charge in [0, 0.05) is 37.9 Å². The zero-order valence-electron chi connectivity index (χ0n) is 11.9. The second-order valence-electron chi connectivity index (χ2n) is 5.10. The van der Waals surface area contributed by atoms with Crippen molar-refractivity contribution >= 4 is 23.3 Å². The number of halogens is 2. The van der Waals surface area contributed by atoms with Gasteiger partial charge in [-0.1, -0.05) is 17.7 Å². The Morgan fingerprint density at radius 3 is 2.55 bits per heavy atom. The van der Waals surface area contributed by atoms with Gasteiger partial charge in [0.05, 0.1) is 5.02 Å². The van der Waals surface area contributed by atoms with E-state index in [-0.39, 0.29) is 10.9 Å². The summed E-state index contributed by atoms with van der Waals surface area (Å²) in [6.07, 6.45) is 1.76. The predicted octanol–water partition coefficient (Wildman–Crippen LogP) is 2.84. The highest BCUT2D eigenvalue weighted by Gasteiger charge is 2.23. The van der Waals surface area contributed by atoms with Gasteiger partial charge in [0.1, 0.15) is 11.6 Å². The molecule has 0 aliphatic carbocycles. The molecule has 4 nitrogen and oxygen atoms in total. The molecular weight excluding hydrogens is 305 g/mol. The monoisotopic (exact) mass is 319 g/mol. The first-order valence-electron chi connectivity index (χ1n) is 7.05. The van der Waals surface area contributed by atoms with Gasteiger partial charge in [-0.2, -0.15) is 0 Å².